The molecule has 0 aliphatic heterocycles. The van der Waals surface area contributed by atoms with Crippen LogP contribution >= 0.6 is 0 Å². The second-order valence-corrected chi connectivity index (χ2v) is 7.52. The van der Waals surface area contributed by atoms with Gasteiger partial charge in [-0.3, -0.25) is 5.26 Å². The van der Waals surface area contributed by atoms with Crippen molar-refractivity contribution in [1.82, 2.24) is 0 Å². The van der Waals surface area contributed by atoms with Gasteiger partial charge in [-0.05, 0) is 62.1 Å². The molecule has 0 aromatic heterocycles. The summed E-state index contributed by atoms with van der Waals surface area (Å²) in [5.74, 6) is 0.247. The van der Waals surface area contributed by atoms with Gasteiger partial charge in [-0.25, -0.2) is 4.89 Å². The van der Waals surface area contributed by atoms with Crippen LogP contribution in [0.5, 0.6) is 0 Å². The molecule has 0 saturated heterocycles. The highest BCUT2D eigenvalue weighted by Gasteiger charge is 2.35. The quantitative estimate of drug-likeness (QED) is 0.558. The van der Waals surface area contributed by atoms with Gasteiger partial charge in [0.05, 0.1) is 11.5 Å². The van der Waals surface area contributed by atoms with Gasteiger partial charge in [-0.2, -0.15) is 5.26 Å². The Balaban J connectivity index is 1.74. The second kappa shape index (κ2) is 7.39. The molecule has 0 radical (unpaired) electrons. The van der Waals surface area contributed by atoms with Crippen LogP contribution in [0.2, 0.25) is 0 Å². The van der Waals surface area contributed by atoms with Crippen molar-refractivity contribution in [2.24, 2.45) is 11.3 Å². The molecule has 1 aliphatic carbocycles. The molecule has 3 rings (SSSR count). The molecule has 3 heteroatoms. The van der Waals surface area contributed by atoms with Crippen LogP contribution in [0.25, 0.3) is 11.1 Å². The predicted molar refractivity (Wildman–Crippen MR) is 98.7 cm³/mol. The summed E-state index contributed by atoms with van der Waals surface area (Å²) in [5, 5.41) is 18.7. The summed E-state index contributed by atoms with van der Waals surface area (Å²) >= 11 is 0. The summed E-state index contributed by atoms with van der Waals surface area (Å²) < 4.78 is 0. The molecule has 1 saturated carbocycles. The maximum atomic E-state index is 9.47. The smallest absolute Gasteiger partial charge is 0.120 e. The molecule has 0 amide bonds. The van der Waals surface area contributed by atoms with Crippen molar-refractivity contribution < 1.29 is 10.1 Å². The summed E-state index contributed by atoms with van der Waals surface area (Å²) in [6.07, 6.45) is 3.19. The predicted octanol–water partition coefficient (Wildman–Crippen LogP) is 5.91. The van der Waals surface area contributed by atoms with E-state index in [0.29, 0.717) is 0 Å². The summed E-state index contributed by atoms with van der Waals surface area (Å²) in [6.45, 7) is 4.10. The van der Waals surface area contributed by atoms with Crippen molar-refractivity contribution in [3.63, 3.8) is 0 Å². The third-order valence-electron chi connectivity index (χ3n) is 5.57. The first-order chi connectivity index (χ1) is 12.0. The zero-order valence-corrected chi connectivity index (χ0v) is 14.9. The monoisotopic (exact) mass is 335 g/mol. The first-order valence-electron chi connectivity index (χ1n) is 8.93. The van der Waals surface area contributed by atoms with E-state index < -0.39 is 0 Å². The fourth-order valence-corrected chi connectivity index (χ4v) is 3.72. The van der Waals surface area contributed by atoms with Crippen molar-refractivity contribution in [3.8, 4) is 17.2 Å². The average molecular weight is 335 g/mol. The van der Waals surface area contributed by atoms with E-state index >= 15 is 0 Å². The minimum atomic E-state index is -0.324. The maximum Gasteiger partial charge on any atom is 0.120 e. The van der Waals surface area contributed by atoms with Gasteiger partial charge in [-0.1, -0.05) is 54.1 Å². The molecule has 2 aromatic carbocycles. The minimum Gasteiger partial charge on any atom is -0.251 e. The van der Waals surface area contributed by atoms with Crippen molar-refractivity contribution in [2.45, 2.75) is 45.6 Å². The average Bonchev–Trinajstić information content (AvgIpc) is 2.65. The summed E-state index contributed by atoms with van der Waals surface area (Å²) in [4.78, 5) is 4.86. The van der Waals surface area contributed by atoms with E-state index in [1.165, 1.54) is 11.1 Å². The van der Waals surface area contributed by atoms with Crippen molar-refractivity contribution >= 4 is 0 Å². The highest BCUT2D eigenvalue weighted by molar-refractivity contribution is 5.64. The van der Waals surface area contributed by atoms with Crippen LogP contribution in [0.1, 0.15) is 49.8 Å². The third kappa shape index (κ3) is 3.92. The van der Waals surface area contributed by atoms with E-state index in [-0.39, 0.29) is 17.4 Å². The molecular formula is C22H25NO2. The van der Waals surface area contributed by atoms with Gasteiger partial charge >= 0.3 is 0 Å². The fourth-order valence-electron chi connectivity index (χ4n) is 3.72. The lowest BCUT2D eigenvalue weighted by Crippen LogP contribution is -2.27. The lowest BCUT2D eigenvalue weighted by molar-refractivity contribution is -0.296. The third-order valence-corrected chi connectivity index (χ3v) is 5.57. The van der Waals surface area contributed by atoms with E-state index in [4.69, 9.17) is 4.89 Å². The molecule has 2 aromatic rings. The Labute approximate surface area is 149 Å². The summed E-state index contributed by atoms with van der Waals surface area (Å²) in [5.41, 5.74) is 4.34. The van der Waals surface area contributed by atoms with Gasteiger partial charge in [0, 0.05) is 0 Å². The Bertz CT molecular complexity index is 735. The Morgan fingerprint density at radius 2 is 1.56 bits per heavy atom. The molecule has 0 bridgehead atoms. The lowest BCUT2D eigenvalue weighted by Gasteiger charge is -2.35. The highest BCUT2D eigenvalue weighted by atomic mass is 17.1. The molecule has 3 nitrogen and oxygen atoms in total. The Morgan fingerprint density at radius 1 is 1.04 bits per heavy atom. The number of hydrogen-bond acceptors (Lipinski definition) is 3. The van der Waals surface area contributed by atoms with Crippen molar-refractivity contribution in [1.29, 1.82) is 5.26 Å². The molecule has 0 spiro atoms. The Hall–Kier alpha value is -2.15. The SMILES string of the molecule is Cc1ccc(-c2ccc(C(OO)C3CCC(C)(C#N)CC3)cc2)cc1. The zero-order valence-electron chi connectivity index (χ0n) is 14.9. The van der Waals surface area contributed by atoms with Gasteiger partial charge in [0.25, 0.3) is 0 Å². The van der Waals surface area contributed by atoms with Gasteiger partial charge in [0.2, 0.25) is 0 Å². The molecule has 1 aliphatic rings. The molecule has 1 atom stereocenters. The molecule has 25 heavy (non-hydrogen) atoms. The number of nitriles is 1. The van der Waals surface area contributed by atoms with Crippen molar-refractivity contribution in [3.05, 3.63) is 59.7 Å². The summed E-state index contributed by atoms with van der Waals surface area (Å²) in [6, 6.07) is 19.1. The number of hydrogen-bond donors (Lipinski definition) is 1. The first kappa shape index (κ1) is 17.7. The van der Waals surface area contributed by atoms with Crippen LogP contribution in [0.3, 0.4) is 0 Å². The van der Waals surface area contributed by atoms with Crippen LogP contribution < -0.4 is 0 Å². The van der Waals surface area contributed by atoms with Gasteiger partial charge in [0.15, 0.2) is 0 Å². The van der Waals surface area contributed by atoms with Crippen LogP contribution in [-0.2, 0) is 4.89 Å². The largest absolute Gasteiger partial charge is 0.251 e. The Morgan fingerprint density at radius 3 is 2.04 bits per heavy atom. The lowest BCUT2D eigenvalue weighted by atomic mass is 9.70. The van der Waals surface area contributed by atoms with E-state index in [2.05, 4.69) is 49.4 Å². The zero-order chi connectivity index (χ0) is 17.9. The standard InChI is InChI=1S/C22H25NO2/c1-16-3-5-17(6-4-16)18-7-9-19(10-8-18)21(25-24)20-11-13-22(2,15-23)14-12-20/h3-10,20-21,24H,11-14H2,1-2H3. The number of rotatable bonds is 4. The topological polar surface area (TPSA) is 53.2 Å². The molecule has 1 fully saturated rings. The van der Waals surface area contributed by atoms with Crippen LogP contribution in [0.4, 0.5) is 0 Å². The molecular weight excluding hydrogens is 310 g/mol. The normalized spacial score (nSPS) is 24.5. The summed E-state index contributed by atoms with van der Waals surface area (Å²) in [7, 11) is 0. The number of nitrogens with zero attached hydrogens (tertiary/aromatic N) is 1. The van der Waals surface area contributed by atoms with E-state index in [9.17, 15) is 10.5 Å². The van der Waals surface area contributed by atoms with E-state index in [0.717, 1.165) is 36.8 Å². The first-order valence-corrected chi connectivity index (χ1v) is 8.93. The van der Waals surface area contributed by atoms with Crippen LogP contribution in [-0.4, -0.2) is 5.26 Å². The molecule has 1 N–H and O–H groups in total. The van der Waals surface area contributed by atoms with Crippen molar-refractivity contribution in [2.75, 3.05) is 0 Å². The minimum absolute atomic E-state index is 0.230. The van der Waals surface area contributed by atoms with Gasteiger partial charge in [-0.15, -0.1) is 0 Å². The maximum absolute atomic E-state index is 9.47. The van der Waals surface area contributed by atoms with Gasteiger partial charge in [0.1, 0.15) is 6.10 Å². The fraction of sp³-hybridized carbons (Fsp3) is 0.409. The molecule has 0 heterocycles. The van der Waals surface area contributed by atoms with Crippen LogP contribution in [0.15, 0.2) is 48.5 Å². The number of aryl methyl sites for hydroxylation is 1. The highest BCUT2D eigenvalue weighted by Crippen LogP contribution is 2.43. The number of benzene rings is 2. The second-order valence-electron chi connectivity index (χ2n) is 7.52. The molecule has 130 valence electrons. The molecule has 1 unspecified atom stereocenters. The van der Waals surface area contributed by atoms with E-state index in [1.807, 2.05) is 19.1 Å². The Kier molecular flexibility index (Phi) is 5.22. The van der Waals surface area contributed by atoms with E-state index in [1.54, 1.807) is 0 Å². The van der Waals surface area contributed by atoms with Crippen LogP contribution in [0, 0.1) is 29.6 Å². The van der Waals surface area contributed by atoms with Gasteiger partial charge < -0.3 is 0 Å².